The van der Waals surface area contributed by atoms with Crippen molar-refractivity contribution in [3.8, 4) is 11.5 Å². The highest BCUT2D eigenvalue weighted by atomic mass is 19.4. The fourth-order valence-corrected chi connectivity index (χ4v) is 1.35. The van der Waals surface area contributed by atoms with E-state index in [2.05, 4.69) is 5.32 Å². The van der Waals surface area contributed by atoms with Crippen LogP contribution in [0.5, 0.6) is 11.5 Å². The van der Waals surface area contributed by atoms with Crippen LogP contribution in [-0.2, 0) is 14.4 Å². The molecule has 0 radical (unpaired) electrons. The van der Waals surface area contributed by atoms with E-state index in [-0.39, 0.29) is 5.91 Å². The Morgan fingerprint density at radius 2 is 1.35 bits per heavy atom. The summed E-state index contributed by atoms with van der Waals surface area (Å²) in [5.74, 6) is -5.67. The first-order valence-electron chi connectivity index (χ1n) is 6.46. The SMILES string of the molecule is COc1ccc(NC(C)=O)c(OC)c1.O=C(C(=O)C(F)(F)F)C(F)(F)F. The predicted molar refractivity (Wildman–Crippen MR) is 76.0 cm³/mol. The van der Waals surface area contributed by atoms with E-state index in [9.17, 15) is 40.7 Å². The Labute approximate surface area is 143 Å². The van der Waals surface area contributed by atoms with Crippen molar-refractivity contribution in [3.63, 3.8) is 0 Å². The van der Waals surface area contributed by atoms with E-state index in [0.29, 0.717) is 17.2 Å². The minimum Gasteiger partial charge on any atom is -0.497 e. The molecule has 26 heavy (non-hydrogen) atoms. The largest absolute Gasteiger partial charge is 0.497 e. The van der Waals surface area contributed by atoms with Crippen molar-refractivity contribution in [2.24, 2.45) is 0 Å². The van der Waals surface area contributed by atoms with Gasteiger partial charge in [0.05, 0.1) is 19.9 Å². The van der Waals surface area contributed by atoms with Gasteiger partial charge >= 0.3 is 23.9 Å². The van der Waals surface area contributed by atoms with Crippen LogP contribution in [0.1, 0.15) is 6.92 Å². The number of carbonyl (C=O) groups is 3. The first kappa shape index (κ1) is 23.2. The molecule has 0 bridgehead atoms. The Balaban J connectivity index is 0.000000488. The second-order valence-corrected chi connectivity index (χ2v) is 4.40. The number of halogens is 6. The normalized spacial score (nSPS) is 11.0. The summed E-state index contributed by atoms with van der Waals surface area (Å²) < 4.78 is 77.1. The monoisotopic (exact) mass is 389 g/mol. The van der Waals surface area contributed by atoms with Crippen molar-refractivity contribution in [1.29, 1.82) is 0 Å². The highest BCUT2D eigenvalue weighted by Gasteiger charge is 2.54. The minimum absolute atomic E-state index is 0.131. The summed E-state index contributed by atoms with van der Waals surface area (Å²) in [6.07, 6.45) is -11.5. The first-order valence-corrected chi connectivity index (χ1v) is 6.46. The molecule has 0 aromatic heterocycles. The van der Waals surface area contributed by atoms with Crippen LogP contribution >= 0.6 is 0 Å². The third kappa shape index (κ3) is 7.40. The predicted octanol–water partition coefficient (Wildman–Crippen LogP) is 2.91. The Morgan fingerprint density at radius 1 is 0.885 bits per heavy atom. The van der Waals surface area contributed by atoms with Crippen LogP contribution in [0.25, 0.3) is 0 Å². The van der Waals surface area contributed by atoms with Gasteiger partial charge in [-0.15, -0.1) is 0 Å². The van der Waals surface area contributed by atoms with E-state index in [1.165, 1.54) is 6.92 Å². The average molecular weight is 389 g/mol. The number of Topliss-reactive ketones (excluding diaryl/α,β-unsaturated/α-hetero) is 2. The van der Waals surface area contributed by atoms with E-state index < -0.39 is 23.9 Å². The number of carbonyl (C=O) groups excluding carboxylic acids is 3. The van der Waals surface area contributed by atoms with E-state index >= 15 is 0 Å². The van der Waals surface area contributed by atoms with Gasteiger partial charge in [0, 0.05) is 13.0 Å². The molecule has 1 aromatic rings. The van der Waals surface area contributed by atoms with Gasteiger partial charge in [0.25, 0.3) is 0 Å². The molecule has 0 saturated carbocycles. The smallest absolute Gasteiger partial charge is 0.458 e. The molecule has 12 heteroatoms. The van der Waals surface area contributed by atoms with Crippen molar-refractivity contribution >= 4 is 23.2 Å². The maximum absolute atomic E-state index is 11.2. The van der Waals surface area contributed by atoms with Crippen LogP contribution in [0, 0.1) is 0 Å². The summed E-state index contributed by atoms with van der Waals surface area (Å²) in [7, 11) is 3.12. The lowest BCUT2D eigenvalue weighted by molar-refractivity contribution is -0.193. The second-order valence-electron chi connectivity index (χ2n) is 4.40. The Kier molecular flexibility index (Phi) is 8.09. The van der Waals surface area contributed by atoms with Crippen molar-refractivity contribution < 1.29 is 50.2 Å². The molecule has 1 rings (SSSR count). The fourth-order valence-electron chi connectivity index (χ4n) is 1.35. The number of hydrogen-bond donors (Lipinski definition) is 1. The summed E-state index contributed by atoms with van der Waals surface area (Å²) >= 11 is 0. The van der Waals surface area contributed by atoms with Gasteiger partial charge in [0.15, 0.2) is 0 Å². The topological polar surface area (TPSA) is 81.7 Å². The third-order valence-electron chi connectivity index (χ3n) is 2.44. The molecule has 0 unspecified atom stereocenters. The molecule has 0 aliphatic rings. The molecular formula is C14H13F6NO5. The Bertz CT molecular complexity index is 645. The lowest BCUT2D eigenvalue weighted by Gasteiger charge is -2.09. The molecule has 0 fully saturated rings. The zero-order valence-electron chi connectivity index (χ0n) is 13.5. The van der Waals surface area contributed by atoms with Gasteiger partial charge in [0.2, 0.25) is 5.91 Å². The molecule has 1 amide bonds. The molecule has 146 valence electrons. The zero-order chi connectivity index (χ0) is 20.7. The molecule has 0 atom stereocenters. The van der Waals surface area contributed by atoms with Crippen LogP contribution in [-0.4, -0.2) is 44.0 Å². The number of alkyl halides is 6. The van der Waals surface area contributed by atoms with Crippen molar-refractivity contribution in [3.05, 3.63) is 18.2 Å². The summed E-state index contributed by atoms with van der Waals surface area (Å²) in [6.45, 7) is 1.45. The van der Waals surface area contributed by atoms with Crippen molar-refractivity contribution in [2.45, 2.75) is 19.3 Å². The number of methoxy groups -OCH3 is 2. The number of rotatable bonds is 4. The minimum atomic E-state index is -5.77. The molecule has 0 aliphatic heterocycles. The highest BCUT2D eigenvalue weighted by Crippen LogP contribution is 2.28. The number of anilines is 1. The average Bonchev–Trinajstić information content (AvgIpc) is 2.52. The van der Waals surface area contributed by atoms with Crippen LogP contribution in [0.2, 0.25) is 0 Å². The molecule has 0 heterocycles. The number of hydrogen-bond acceptors (Lipinski definition) is 5. The maximum Gasteiger partial charge on any atom is 0.458 e. The van der Waals surface area contributed by atoms with Gasteiger partial charge < -0.3 is 14.8 Å². The van der Waals surface area contributed by atoms with Gasteiger partial charge in [-0.2, -0.15) is 26.3 Å². The van der Waals surface area contributed by atoms with E-state index in [4.69, 9.17) is 9.47 Å². The van der Waals surface area contributed by atoms with Crippen LogP contribution in [0.4, 0.5) is 32.0 Å². The first-order chi connectivity index (χ1) is 11.7. The second kappa shape index (κ2) is 9.06. The van der Waals surface area contributed by atoms with Crippen LogP contribution in [0.15, 0.2) is 18.2 Å². The van der Waals surface area contributed by atoms with Crippen LogP contribution < -0.4 is 14.8 Å². The highest BCUT2D eigenvalue weighted by molar-refractivity contribution is 6.41. The summed E-state index contributed by atoms with van der Waals surface area (Å²) in [5, 5.41) is 2.66. The van der Waals surface area contributed by atoms with Gasteiger partial charge in [-0.25, -0.2) is 0 Å². The number of ether oxygens (including phenoxy) is 2. The van der Waals surface area contributed by atoms with Gasteiger partial charge in [-0.3, -0.25) is 14.4 Å². The quantitative estimate of drug-likeness (QED) is 0.633. The van der Waals surface area contributed by atoms with E-state index in [1.807, 2.05) is 0 Å². The van der Waals surface area contributed by atoms with E-state index in [0.717, 1.165) is 0 Å². The van der Waals surface area contributed by atoms with Crippen molar-refractivity contribution in [1.82, 2.24) is 0 Å². The maximum atomic E-state index is 11.2. The molecule has 0 spiro atoms. The Hall–Kier alpha value is -2.79. The summed E-state index contributed by atoms with van der Waals surface area (Å²) in [6, 6.07) is 5.21. The van der Waals surface area contributed by atoms with Gasteiger partial charge in [-0.1, -0.05) is 0 Å². The lowest BCUT2D eigenvalue weighted by Crippen LogP contribution is -2.39. The number of benzene rings is 1. The summed E-state index contributed by atoms with van der Waals surface area (Å²) in [5.41, 5.74) is 0.640. The lowest BCUT2D eigenvalue weighted by atomic mass is 10.2. The standard InChI is InChI=1S/C10H13NO3.C4F6O2/c1-7(12)11-9-5-4-8(13-2)6-10(9)14-3;5-3(6,7)1(11)2(12)4(8,9)10/h4-6H,1-3H3,(H,11,12);. The molecular weight excluding hydrogens is 376 g/mol. The Morgan fingerprint density at radius 3 is 1.65 bits per heavy atom. The van der Waals surface area contributed by atoms with Crippen LogP contribution in [0.3, 0.4) is 0 Å². The fraction of sp³-hybridized carbons (Fsp3) is 0.357. The molecule has 1 aromatic carbocycles. The summed E-state index contributed by atoms with van der Waals surface area (Å²) in [4.78, 5) is 30.1. The zero-order valence-corrected chi connectivity index (χ0v) is 13.5. The van der Waals surface area contributed by atoms with Crippen molar-refractivity contribution in [2.75, 3.05) is 19.5 Å². The molecule has 6 nitrogen and oxygen atoms in total. The molecule has 0 aliphatic carbocycles. The number of ketones is 2. The molecule has 1 N–H and O–H groups in total. The van der Waals surface area contributed by atoms with Gasteiger partial charge in [0.1, 0.15) is 11.5 Å². The third-order valence-corrected chi connectivity index (χ3v) is 2.44. The molecule has 0 saturated heterocycles. The number of nitrogens with one attached hydrogen (secondary N) is 1. The van der Waals surface area contributed by atoms with E-state index in [1.54, 1.807) is 32.4 Å². The van der Waals surface area contributed by atoms with Gasteiger partial charge in [-0.05, 0) is 12.1 Å². The number of amides is 1.